The molecular weight excluding hydrogens is 108 g/mol. The van der Waals surface area contributed by atoms with Gasteiger partial charge in [0.15, 0.2) is 0 Å². The maximum Gasteiger partial charge on any atom is -0.0487 e. The second-order valence-corrected chi connectivity index (χ2v) is 4.11. The summed E-state index contributed by atoms with van der Waals surface area (Å²) in [5.74, 6) is 1.81. The number of hydrogen-bond acceptors (Lipinski definition) is 0. The molecule has 0 spiro atoms. The van der Waals surface area contributed by atoms with Gasteiger partial charge in [0.05, 0.1) is 0 Å². The maximum atomic E-state index is 2.43. The zero-order valence-corrected chi connectivity index (χ0v) is 6.94. The van der Waals surface area contributed by atoms with Crippen LogP contribution in [0, 0.1) is 23.7 Å². The molecule has 1 rings (SSSR count). The fourth-order valence-electron chi connectivity index (χ4n) is 1.86. The molecule has 1 aliphatic carbocycles. The molecule has 1 fully saturated rings. The number of rotatable bonds is 1. The molecule has 0 aromatic carbocycles. The standard InChI is InChI=1S/C9H17/c1-7(2)8-5-6-9(8,3)4/h6-8H,5H2,1-4H3/q-1. The van der Waals surface area contributed by atoms with Crippen LogP contribution in [-0.2, 0) is 0 Å². The van der Waals surface area contributed by atoms with Crippen LogP contribution in [0.15, 0.2) is 0 Å². The van der Waals surface area contributed by atoms with Gasteiger partial charge in [-0.2, -0.15) is 11.8 Å². The van der Waals surface area contributed by atoms with Crippen molar-refractivity contribution in [1.82, 2.24) is 0 Å². The Hall–Kier alpha value is 0. The summed E-state index contributed by atoms with van der Waals surface area (Å²) in [5, 5.41) is 0. The van der Waals surface area contributed by atoms with Crippen LogP contribution in [-0.4, -0.2) is 0 Å². The van der Waals surface area contributed by atoms with Crippen LogP contribution in [0.4, 0.5) is 0 Å². The third-order valence-electron chi connectivity index (χ3n) is 2.66. The summed E-state index contributed by atoms with van der Waals surface area (Å²) in [6.45, 7) is 9.31. The molecule has 54 valence electrons. The summed E-state index contributed by atoms with van der Waals surface area (Å²) in [4.78, 5) is 0. The van der Waals surface area contributed by atoms with Gasteiger partial charge in [-0.1, -0.05) is 33.6 Å². The van der Waals surface area contributed by atoms with Crippen molar-refractivity contribution in [2.24, 2.45) is 17.3 Å². The van der Waals surface area contributed by atoms with E-state index in [4.69, 9.17) is 0 Å². The van der Waals surface area contributed by atoms with E-state index in [9.17, 15) is 0 Å². The predicted molar refractivity (Wildman–Crippen MR) is 41.0 cm³/mol. The second kappa shape index (κ2) is 2.00. The topological polar surface area (TPSA) is 0 Å². The van der Waals surface area contributed by atoms with Crippen molar-refractivity contribution in [2.45, 2.75) is 34.1 Å². The van der Waals surface area contributed by atoms with E-state index >= 15 is 0 Å². The first-order valence-electron chi connectivity index (χ1n) is 3.88. The SMILES string of the molecule is CC(C)C1C[CH-]C1(C)C. The lowest BCUT2D eigenvalue weighted by atomic mass is 9.58. The summed E-state index contributed by atoms with van der Waals surface area (Å²) in [5.41, 5.74) is 0.536. The molecule has 1 atom stereocenters. The predicted octanol–water partition coefficient (Wildman–Crippen LogP) is 2.89. The lowest BCUT2D eigenvalue weighted by molar-refractivity contribution is 0.106. The highest BCUT2D eigenvalue weighted by atomic mass is 14.4. The van der Waals surface area contributed by atoms with Crippen molar-refractivity contribution >= 4 is 0 Å². The Labute approximate surface area is 58.7 Å². The average Bonchev–Trinajstić information content (AvgIpc) is 1.62. The van der Waals surface area contributed by atoms with Gasteiger partial charge in [-0.3, -0.25) is 0 Å². The van der Waals surface area contributed by atoms with Gasteiger partial charge in [0, 0.05) is 0 Å². The van der Waals surface area contributed by atoms with Crippen molar-refractivity contribution in [3.63, 3.8) is 0 Å². The minimum Gasteiger partial charge on any atom is -0.323 e. The highest BCUT2D eigenvalue weighted by Gasteiger charge is 2.29. The van der Waals surface area contributed by atoms with Crippen LogP contribution in [0.1, 0.15) is 34.1 Å². The molecule has 0 nitrogen and oxygen atoms in total. The minimum atomic E-state index is 0.536. The zero-order chi connectivity index (χ0) is 7.07. The van der Waals surface area contributed by atoms with Crippen molar-refractivity contribution in [2.75, 3.05) is 0 Å². The normalized spacial score (nSPS) is 32.3. The third kappa shape index (κ3) is 1.12. The molecule has 0 aromatic rings. The fourth-order valence-corrected chi connectivity index (χ4v) is 1.86. The van der Waals surface area contributed by atoms with Gasteiger partial charge in [0.2, 0.25) is 0 Å². The van der Waals surface area contributed by atoms with Gasteiger partial charge in [-0.25, -0.2) is 0 Å². The Morgan fingerprint density at radius 2 is 2.00 bits per heavy atom. The van der Waals surface area contributed by atoms with Crippen molar-refractivity contribution in [1.29, 1.82) is 0 Å². The molecule has 1 aliphatic rings. The van der Waals surface area contributed by atoms with Crippen LogP contribution >= 0.6 is 0 Å². The molecular formula is C9H17-. The largest absolute Gasteiger partial charge is 0.323 e. The molecule has 0 saturated heterocycles. The van der Waals surface area contributed by atoms with E-state index in [2.05, 4.69) is 34.1 Å². The fraction of sp³-hybridized carbons (Fsp3) is 0.889. The van der Waals surface area contributed by atoms with Gasteiger partial charge < -0.3 is 6.42 Å². The van der Waals surface area contributed by atoms with Crippen LogP contribution < -0.4 is 0 Å². The van der Waals surface area contributed by atoms with E-state index in [0.29, 0.717) is 5.41 Å². The Morgan fingerprint density at radius 3 is 2.00 bits per heavy atom. The molecule has 0 bridgehead atoms. The maximum absolute atomic E-state index is 2.43. The lowest BCUT2D eigenvalue weighted by Crippen LogP contribution is -2.38. The van der Waals surface area contributed by atoms with E-state index in [1.165, 1.54) is 6.42 Å². The molecule has 1 saturated carbocycles. The van der Waals surface area contributed by atoms with Crippen molar-refractivity contribution in [3.8, 4) is 0 Å². The molecule has 9 heavy (non-hydrogen) atoms. The molecule has 0 heteroatoms. The molecule has 0 amide bonds. The van der Waals surface area contributed by atoms with Gasteiger partial charge in [-0.15, -0.1) is 0 Å². The van der Waals surface area contributed by atoms with E-state index < -0.39 is 0 Å². The molecule has 0 aromatic heterocycles. The van der Waals surface area contributed by atoms with Crippen LogP contribution in [0.3, 0.4) is 0 Å². The molecule has 0 radical (unpaired) electrons. The molecule has 1 unspecified atom stereocenters. The van der Waals surface area contributed by atoms with E-state index in [0.717, 1.165) is 11.8 Å². The van der Waals surface area contributed by atoms with Gasteiger partial charge in [-0.05, 0) is 5.92 Å². The van der Waals surface area contributed by atoms with Gasteiger partial charge in [0.1, 0.15) is 0 Å². The van der Waals surface area contributed by atoms with Gasteiger partial charge >= 0.3 is 0 Å². The highest BCUT2D eigenvalue weighted by Crippen LogP contribution is 2.48. The monoisotopic (exact) mass is 125 g/mol. The minimum absolute atomic E-state index is 0.536. The smallest absolute Gasteiger partial charge is 0.0487 e. The molecule has 0 heterocycles. The van der Waals surface area contributed by atoms with Crippen LogP contribution in [0.2, 0.25) is 0 Å². The first-order valence-corrected chi connectivity index (χ1v) is 3.88. The van der Waals surface area contributed by atoms with Crippen LogP contribution in [0.5, 0.6) is 0 Å². The van der Waals surface area contributed by atoms with Gasteiger partial charge in [0.25, 0.3) is 0 Å². The first kappa shape index (κ1) is 7.11. The first-order chi connectivity index (χ1) is 4.04. The van der Waals surface area contributed by atoms with Crippen molar-refractivity contribution in [3.05, 3.63) is 6.42 Å². The lowest BCUT2D eigenvalue weighted by Gasteiger charge is -2.58. The highest BCUT2D eigenvalue weighted by molar-refractivity contribution is 5.03. The molecule has 0 aliphatic heterocycles. The Balaban J connectivity index is 2.45. The Kier molecular flexibility index (Phi) is 1.58. The van der Waals surface area contributed by atoms with Crippen molar-refractivity contribution < 1.29 is 0 Å². The summed E-state index contributed by atoms with van der Waals surface area (Å²) in [7, 11) is 0. The summed E-state index contributed by atoms with van der Waals surface area (Å²) < 4.78 is 0. The average molecular weight is 125 g/mol. The molecule has 0 N–H and O–H groups in total. The summed E-state index contributed by atoms with van der Waals surface area (Å²) in [6, 6.07) is 0. The Bertz CT molecular complexity index is 101. The second-order valence-electron chi connectivity index (χ2n) is 4.11. The quantitative estimate of drug-likeness (QED) is 0.473. The third-order valence-corrected chi connectivity index (χ3v) is 2.66. The zero-order valence-electron chi connectivity index (χ0n) is 6.94. The summed E-state index contributed by atoms with van der Waals surface area (Å²) >= 11 is 0. The van der Waals surface area contributed by atoms with Crippen LogP contribution in [0.25, 0.3) is 0 Å². The van der Waals surface area contributed by atoms with E-state index in [-0.39, 0.29) is 0 Å². The van der Waals surface area contributed by atoms with E-state index in [1.54, 1.807) is 0 Å². The van der Waals surface area contributed by atoms with E-state index in [1.807, 2.05) is 0 Å². The summed E-state index contributed by atoms with van der Waals surface area (Å²) in [6.07, 6.45) is 3.77. The number of hydrogen-bond donors (Lipinski definition) is 0. The Morgan fingerprint density at radius 1 is 1.44 bits per heavy atom.